The number of benzene rings is 1. The van der Waals surface area contributed by atoms with Gasteiger partial charge in [-0.2, -0.15) is 0 Å². The minimum Gasteiger partial charge on any atom is -0.388 e. The topological polar surface area (TPSA) is 160 Å². The second kappa shape index (κ2) is 10.1. The SMILES string of the molecule is COCCN1CCC(NS(=O)(=O)c2cc(S(N)(=O)=O)ccc2N[C@@H]2COC[C@@H]2O)CC1. The highest BCUT2D eigenvalue weighted by Gasteiger charge is 2.31. The second-order valence-corrected chi connectivity index (χ2v) is 11.0. The lowest BCUT2D eigenvalue weighted by atomic mass is 10.1. The van der Waals surface area contributed by atoms with E-state index in [-0.39, 0.29) is 34.7 Å². The first-order chi connectivity index (χ1) is 14.6. The number of hydrogen-bond acceptors (Lipinski definition) is 9. The Bertz CT molecular complexity index is 963. The number of aliphatic hydroxyl groups is 1. The van der Waals surface area contributed by atoms with E-state index in [0.29, 0.717) is 19.4 Å². The summed E-state index contributed by atoms with van der Waals surface area (Å²) >= 11 is 0. The number of nitrogens with one attached hydrogen (secondary N) is 2. The predicted molar refractivity (Wildman–Crippen MR) is 114 cm³/mol. The van der Waals surface area contributed by atoms with Gasteiger partial charge < -0.3 is 24.8 Å². The van der Waals surface area contributed by atoms with Gasteiger partial charge in [0.15, 0.2) is 0 Å². The number of aliphatic hydroxyl groups excluding tert-OH is 1. The van der Waals surface area contributed by atoms with Crippen molar-refractivity contribution in [3.63, 3.8) is 0 Å². The van der Waals surface area contributed by atoms with E-state index in [9.17, 15) is 21.9 Å². The fourth-order valence-corrected chi connectivity index (χ4v) is 5.79. The van der Waals surface area contributed by atoms with E-state index >= 15 is 0 Å². The van der Waals surface area contributed by atoms with Crippen molar-refractivity contribution in [2.75, 3.05) is 51.9 Å². The lowest BCUT2D eigenvalue weighted by molar-refractivity contribution is 0.125. The van der Waals surface area contributed by atoms with Gasteiger partial charge in [-0.05, 0) is 44.1 Å². The molecule has 0 aromatic heterocycles. The lowest BCUT2D eigenvalue weighted by Gasteiger charge is -2.32. The van der Waals surface area contributed by atoms with Crippen molar-refractivity contribution in [3.05, 3.63) is 18.2 Å². The quantitative estimate of drug-likeness (QED) is 0.345. The van der Waals surface area contributed by atoms with Crippen LogP contribution in [0.2, 0.25) is 0 Å². The standard InChI is InChI=1S/C18H30N4O7S2/c1-28-9-8-22-6-4-13(5-7-22)21-31(26,27)18-10-14(30(19,24)25)2-3-15(18)20-16-11-29-12-17(16)23/h2-3,10,13,16-17,20-21,23H,4-9,11-12H2,1H3,(H2,19,24,25)/t16-,17+/m1/s1. The van der Waals surface area contributed by atoms with Gasteiger partial charge in [-0.3, -0.25) is 0 Å². The summed E-state index contributed by atoms with van der Waals surface area (Å²) in [6, 6.07) is 2.81. The molecule has 3 rings (SSSR count). The van der Waals surface area contributed by atoms with Crippen LogP contribution in [0.15, 0.2) is 28.0 Å². The third-order valence-electron chi connectivity index (χ3n) is 5.48. The van der Waals surface area contributed by atoms with Crippen LogP contribution in [-0.2, 0) is 29.5 Å². The van der Waals surface area contributed by atoms with Crippen LogP contribution in [-0.4, -0.2) is 91.6 Å². The Morgan fingerprint density at radius 3 is 2.52 bits per heavy atom. The smallest absolute Gasteiger partial charge is 0.242 e. The van der Waals surface area contributed by atoms with E-state index in [4.69, 9.17) is 14.6 Å². The maximum absolute atomic E-state index is 13.2. The molecule has 0 spiro atoms. The molecular formula is C18H30N4O7S2. The normalized spacial score (nSPS) is 23.8. The molecule has 2 aliphatic rings. The summed E-state index contributed by atoms with van der Waals surface area (Å²) < 4.78 is 63.0. The highest BCUT2D eigenvalue weighted by molar-refractivity contribution is 7.90. The van der Waals surface area contributed by atoms with Gasteiger partial charge in [0.25, 0.3) is 0 Å². The Labute approximate surface area is 183 Å². The zero-order valence-corrected chi connectivity index (χ0v) is 19.0. The van der Waals surface area contributed by atoms with Crippen molar-refractivity contribution < 1.29 is 31.4 Å². The molecule has 1 aromatic carbocycles. The molecule has 0 aliphatic carbocycles. The lowest BCUT2D eigenvalue weighted by Crippen LogP contribution is -2.45. The number of likely N-dealkylation sites (tertiary alicyclic amines) is 1. The molecule has 11 nitrogen and oxygen atoms in total. The van der Waals surface area contributed by atoms with Crippen LogP contribution >= 0.6 is 0 Å². The maximum atomic E-state index is 13.2. The largest absolute Gasteiger partial charge is 0.388 e. The van der Waals surface area contributed by atoms with Gasteiger partial charge >= 0.3 is 0 Å². The molecule has 0 bridgehead atoms. The van der Waals surface area contributed by atoms with E-state index in [2.05, 4.69) is 14.9 Å². The van der Waals surface area contributed by atoms with E-state index in [1.807, 2.05) is 0 Å². The molecule has 0 amide bonds. The van der Waals surface area contributed by atoms with E-state index in [1.165, 1.54) is 12.1 Å². The first kappa shape index (κ1) is 24.3. The predicted octanol–water partition coefficient (Wildman–Crippen LogP) is -1.11. The third-order valence-corrected chi connectivity index (χ3v) is 7.95. The van der Waals surface area contributed by atoms with Crippen molar-refractivity contribution in [1.82, 2.24) is 9.62 Å². The van der Waals surface area contributed by atoms with Crippen molar-refractivity contribution >= 4 is 25.7 Å². The molecule has 5 N–H and O–H groups in total. The Morgan fingerprint density at radius 1 is 1.23 bits per heavy atom. The summed E-state index contributed by atoms with van der Waals surface area (Å²) in [6.07, 6.45) is 0.434. The zero-order chi connectivity index (χ0) is 22.6. The summed E-state index contributed by atoms with van der Waals surface area (Å²) in [7, 11) is -6.53. The molecule has 2 heterocycles. The van der Waals surface area contributed by atoms with Gasteiger partial charge in [0, 0.05) is 19.7 Å². The number of piperidine rings is 1. The first-order valence-electron chi connectivity index (χ1n) is 10.0. The van der Waals surface area contributed by atoms with Gasteiger partial charge in [-0.25, -0.2) is 26.7 Å². The van der Waals surface area contributed by atoms with Crippen molar-refractivity contribution in [2.45, 2.75) is 40.8 Å². The van der Waals surface area contributed by atoms with Crippen LogP contribution < -0.4 is 15.2 Å². The molecule has 2 fully saturated rings. The van der Waals surface area contributed by atoms with Crippen LogP contribution in [0, 0.1) is 0 Å². The Morgan fingerprint density at radius 2 is 1.94 bits per heavy atom. The summed E-state index contributed by atoms with van der Waals surface area (Å²) in [6.45, 7) is 3.18. The van der Waals surface area contributed by atoms with Crippen molar-refractivity contribution in [1.29, 1.82) is 0 Å². The van der Waals surface area contributed by atoms with E-state index in [0.717, 1.165) is 25.7 Å². The molecule has 2 atom stereocenters. The maximum Gasteiger partial charge on any atom is 0.242 e. The van der Waals surface area contributed by atoms with E-state index < -0.39 is 32.2 Å². The number of primary sulfonamides is 1. The molecule has 2 saturated heterocycles. The Kier molecular flexibility index (Phi) is 7.91. The number of ether oxygens (including phenoxy) is 2. The third kappa shape index (κ3) is 6.35. The van der Waals surface area contributed by atoms with Crippen LogP contribution in [0.4, 0.5) is 5.69 Å². The van der Waals surface area contributed by atoms with Crippen LogP contribution in [0.25, 0.3) is 0 Å². The summed E-state index contributed by atoms with van der Waals surface area (Å²) in [5, 5.41) is 18.2. The number of anilines is 1. The summed E-state index contributed by atoms with van der Waals surface area (Å²) in [4.78, 5) is 1.65. The monoisotopic (exact) mass is 478 g/mol. The summed E-state index contributed by atoms with van der Waals surface area (Å²) in [5.41, 5.74) is 0.173. The molecule has 13 heteroatoms. The fourth-order valence-electron chi connectivity index (χ4n) is 3.68. The summed E-state index contributed by atoms with van der Waals surface area (Å²) in [5.74, 6) is 0. The van der Waals surface area contributed by atoms with Gasteiger partial charge in [0.1, 0.15) is 4.90 Å². The molecule has 2 aliphatic heterocycles. The molecule has 0 saturated carbocycles. The average molecular weight is 479 g/mol. The van der Waals surface area contributed by atoms with Crippen LogP contribution in [0.1, 0.15) is 12.8 Å². The average Bonchev–Trinajstić information content (AvgIpc) is 3.11. The molecular weight excluding hydrogens is 448 g/mol. The fraction of sp³-hybridized carbons (Fsp3) is 0.667. The number of nitrogens with zero attached hydrogens (tertiary/aromatic N) is 1. The molecule has 176 valence electrons. The molecule has 1 aromatic rings. The first-order valence-corrected chi connectivity index (χ1v) is 13.1. The van der Waals surface area contributed by atoms with Gasteiger partial charge in [-0.1, -0.05) is 0 Å². The second-order valence-electron chi connectivity index (χ2n) is 7.79. The Balaban J connectivity index is 1.80. The zero-order valence-electron chi connectivity index (χ0n) is 17.4. The number of hydrogen-bond donors (Lipinski definition) is 4. The molecule has 0 unspecified atom stereocenters. The van der Waals surface area contributed by atoms with Gasteiger partial charge in [0.05, 0.1) is 42.5 Å². The van der Waals surface area contributed by atoms with Gasteiger partial charge in [-0.15, -0.1) is 0 Å². The minimum absolute atomic E-state index is 0.134. The number of nitrogens with two attached hydrogens (primary N) is 1. The van der Waals surface area contributed by atoms with Crippen LogP contribution in [0.5, 0.6) is 0 Å². The Hall–Kier alpha value is -1.32. The molecule has 0 radical (unpaired) electrons. The highest BCUT2D eigenvalue weighted by Crippen LogP contribution is 2.27. The van der Waals surface area contributed by atoms with E-state index in [1.54, 1.807) is 7.11 Å². The number of methoxy groups -OCH3 is 1. The highest BCUT2D eigenvalue weighted by atomic mass is 32.2. The van der Waals surface area contributed by atoms with Crippen molar-refractivity contribution in [3.8, 4) is 0 Å². The molecule has 31 heavy (non-hydrogen) atoms. The minimum atomic E-state index is -4.10. The van der Waals surface area contributed by atoms with Crippen LogP contribution in [0.3, 0.4) is 0 Å². The number of rotatable bonds is 9. The van der Waals surface area contributed by atoms with Gasteiger partial charge in [0.2, 0.25) is 20.0 Å². The van der Waals surface area contributed by atoms with Crippen molar-refractivity contribution in [2.24, 2.45) is 5.14 Å². The number of sulfonamides is 2.